The molecule has 0 fully saturated rings. The van der Waals surface area contributed by atoms with Crippen LogP contribution >= 0.6 is 0 Å². The van der Waals surface area contributed by atoms with Crippen LogP contribution in [0.25, 0.3) is 88.0 Å². The molecule has 0 bridgehead atoms. The molecule has 3 heteroatoms. The molecular formula is C52H33NO2. The van der Waals surface area contributed by atoms with Crippen LogP contribution < -0.4 is 4.90 Å². The van der Waals surface area contributed by atoms with Gasteiger partial charge in [0.1, 0.15) is 22.3 Å². The second-order valence-electron chi connectivity index (χ2n) is 14.1. The van der Waals surface area contributed by atoms with Crippen molar-refractivity contribution < 1.29 is 8.83 Å². The molecule has 0 spiro atoms. The quantitative estimate of drug-likeness (QED) is 0.173. The summed E-state index contributed by atoms with van der Waals surface area (Å²) in [5, 5.41) is 6.91. The van der Waals surface area contributed by atoms with E-state index in [-0.39, 0.29) is 0 Å². The van der Waals surface area contributed by atoms with E-state index in [4.69, 9.17) is 8.83 Å². The van der Waals surface area contributed by atoms with Crippen LogP contribution in [-0.2, 0) is 0 Å². The molecule has 3 nitrogen and oxygen atoms in total. The van der Waals surface area contributed by atoms with Crippen LogP contribution in [0.15, 0.2) is 209 Å². The molecule has 9 aromatic carbocycles. The van der Waals surface area contributed by atoms with E-state index in [1.165, 1.54) is 33.0 Å². The number of furan rings is 2. The Labute approximate surface area is 317 Å². The SMILES string of the molecule is c1ccc(-c2ccc3cc(-c4ccc(N(c5ccc(-c6ccc7c(c6)oc6ccccc67)cc5)c5cccc6oc7ccccc7c56)cc4)ccc3c2)cc1. The lowest BCUT2D eigenvalue weighted by atomic mass is 9.97. The van der Waals surface area contributed by atoms with Crippen molar-refractivity contribution in [2.24, 2.45) is 0 Å². The molecule has 258 valence electrons. The van der Waals surface area contributed by atoms with Gasteiger partial charge in [-0.25, -0.2) is 0 Å². The molecule has 0 amide bonds. The van der Waals surface area contributed by atoms with E-state index < -0.39 is 0 Å². The zero-order chi connectivity index (χ0) is 36.3. The first kappa shape index (κ1) is 31.2. The van der Waals surface area contributed by atoms with E-state index >= 15 is 0 Å². The van der Waals surface area contributed by atoms with Crippen LogP contribution in [-0.4, -0.2) is 0 Å². The molecule has 0 saturated heterocycles. The molecule has 0 aliphatic carbocycles. The Balaban J connectivity index is 0.987. The van der Waals surface area contributed by atoms with Gasteiger partial charge in [0.25, 0.3) is 0 Å². The molecule has 55 heavy (non-hydrogen) atoms. The van der Waals surface area contributed by atoms with E-state index in [0.717, 1.165) is 72.1 Å². The molecule has 11 rings (SSSR count). The average Bonchev–Trinajstić information content (AvgIpc) is 3.83. The molecule has 11 aromatic rings. The molecule has 0 atom stereocenters. The van der Waals surface area contributed by atoms with Crippen molar-refractivity contribution in [3.8, 4) is 33.4 Å². The monoisotopic (exact) mass is 703 g/mol. The van der Waals surface area contributed by atoms with Crippen LogP contribution in [0.3, 0.4) is 0 Å². The van der Waals surface area contributed by atoms with Gasteiger partial charge in [0, 0.05) is 27.5 Å². The second-order valence-corrected chi connectivity index (χ2v) is 14.1. The standard InChI is InChI=1S/C52H33NO2/c1-2-9-34(10-3-1)37-17-19-40-32-38(18-20-39(40)31-37)35-21-26-42(27-22-35)53(47-13-8-16-50-52(47)46-12-5-7-15-49(46)54-50)43-28-23-36(24-29-43)41-25-30-45-44-11-4-6-14-48(44)55-51(45)33-41/h1-33H. The fraction of sp³-hybridized carbons (Fsp3) is 0. The first-order chi connectivity index (χ1) is 27.2. The van der Waals surface area contributed by atoms with E-state index in [1.807, 2.05) is 24.3 Å². The summed E-state index contributed by atoms with van der Waals surface area (Å²) in [5.74, 6) is 0. The van der Waals surface area contributed by atoms with Gasteiger partial charge in [-0.05, 0) is 117 Å². The molecule has 2 heterocycles. The van der Waals surface area contributed by atoms with Crippen molar-refractivity contribution >= 4 is 71.7 Å². The minimum absolute atomic E-state index is 0.864. The van der Waals surface area contributed by atoms with Gasteiger partial charge in [-0.2, -0.15) is 0 Å². The maximum Gasteiger partial charge on any atom is 0.137 e. The molecule has 0 aliphatic heterocycles. The number of hydrogen-bond donors (Lipinski definition) is 0. The predicted octanol–water partition coefficient (Wildman–Crippen LogP) is 15.1. The number of fused-ring (bicyclic) bond motifs is 7. The Kier molecular flexibility index (Phi) is 7.17. The normalized spacial score (nSPS) is 11.6. The number of benzene rings is 9. The third-order valence-electron chi connectivity index (χ3n) is 10.9. The van der Waals surface area contributed by atoms with E-state index in [2.05, 4.69) is 181 Å². The summed E-state index contributed by atoms with van der Waals surface area (Å²) in [4.78, 5) is 2.34. The lowest BCUT2D eigenvalue weighted by Crippen LogP contribution is -2.10. The van der Waals surface area contributed by atoms with Gasteiger partial charge in [-0.3, -0.25) is 0 Å². The lowest BCUT2D eigenvalue weighted by molar-refractivity contribution is 0.668. The number of nitrogens with zero attached hydrogens (tertiary/aromatic N) is 1. The Morgan fingerprint density at radius 3 is 1.44 bits per heavy atom. The fourth-order valence-electron chi connectivity index (χ4n) is 8.12. The van der Waals surface area contributed by atoms with Gasteiger partial charge >= 0.3 is 0 Å². The van der Waals surface area contributed by atoms with Crippen molar-refractivity contribution in [1.29, 1.82) is 0 Å². The second kappa shape index (κ2) is 12.6. The molecule has 0 N–H and O–H groups in total. The average molecular weight is 704 g/mol. The molecule has 0 radical (unpaired) electrons. The lowest BCUT2D eigenvalue weighted by Gasteiger charge is -2.26. The van der Waals surface area contributed by atoms with Crippen molar-refractivity contribution in [2.75, 3.05) is 4.90 Å². The largest absolute Gasteiger partial charge is 0.456 e. The van der Waals surface area contributed by atoms with Crippen molar-refractivity contribution in [2.45, 2.75) is 0 Å². The third-order valence-corrected chi connectivity index (χ3v) is 10.9. The van der Waals surface area contributed by atoms with Crippen molar-refractivity contribution in [3.63, 3.8) is 0 Å². The minimum atomic E-state index is 0.864. The summed E-state index contributed by atoms with van der Waals surface area (Å²) in [7, 11) is 0. The minimum Gasteiger partial charge on any atom is -0.456 e. The Morgan fingerprint density at radius 1 is 0.291 bits per heavy atom. The first-order valence-corrected chi connectivity index (χ1v) is 18.7. The van der Waals surface area contributed by atoms with Crippen molar-refractivity contribution in [1.82, 2.24) is 0 Å². The number of para-hydroxylation sites is 2. The highest BCUT2D eigenvalue weighted by Gasteiger charge is 2.20. The molecule has 2 aromatic heterocycles. The first-order valence-electron chi connectivity index (χ1n) is 18.7. The van der Waals surface area contributed by atoms with Crippen LogP contribution in [0, 0.1) is 0 Å². The van der Waals surface area contributed by atoms with E-state index in [9.17, 15) is 0 Å². The summed E-state index contributed by atoms with van der Waals surface area (Å²) in [6.45, 7) is 0. The zero-order valence-corrected chi connectivity index (χ0v) is 29.8. The van der Waals surface area contributed by atoms with Gasteiger partial charge in [0.2, 0.25) is 0 Å². The molecule has 0 saturated carbocycles. The number of rotatable bonds is 6. The fourth-order valence-corrected chi connectivity index (χ4v) is 8.12. The van der Waals surface area contributed by atoms with Crippen LogP contribution in [0.1, 0.15) is 0 Å². The summed E-state index contributed by atoms with van der Waals surface area (Å²) >= 11 is 0. The predicted molar refractivity (Wildman–Crippen MR) is 229 cm³/mol. The number of anilines is 3. The summed E-state index contributed by atoms with van der Waals surface area (Å²) in [6.07, 6.45) is 0. The van der Waals surface area contributed by atoms with Crippen LogP contribution in [0.4, 0.5) is 17.1 Å². The summed E-state index contributed by atoms with van der Waals surface area (Å²) in [6, 6.07) is 71.1. The van der Waals surface area contributed by atoms with Gasteiger partial charge in [-0.1, -0.05) is 127 Å². The smallest absolute Gasteiger partial charge is 0.137 e. The zero-order valence-electron chi connectivity index (χ0n) is 29.8. The van der Waals surface area contributed by atoms with Gasteiger partial charge in [0.15, 0.2) is 0 Å². The van der Waals surface area contributed by atoms with Crippen LogP contribution in [0.2, 0.25) is 0 Å². The number of hydrogen-bond acceptors (Lipinski definition) is 3. The maximum atomic E-state index is 6.36. The Hall–Kier alpha value is -7.36. The van der Waals surface area contributed by atoms with E-state index in [1.54, 1.807) is 0 Å². The van der Waals surface area contributed by atoms with Gasteiger partial charge in [-0.15, -0.1) is 0 Å². The summed E-state index contributed by atoms with van der Waals surface area (Å²) in [5.41, 5.74) is 13.8. The topological polar surface area (TPSA) is 29.5 Å². The summed E-state index contributed by atoms with van der Waals surface area (Å²) < 4.78 is 12.6. The van der Waals surface area contributed by atoms with Gasteiger partial charge < -0.3 is 13.7 Å². The molecule has 0 unspecified atom stereocenters. The molecule has 0 aliphatic rings. The molecular weight excluding hydrogens is 671 g/mol. The highest BCUT2D eigenvalue weighted by Crippen LogP contribution is 2.44. The van der Waals surface area contributed by atoms with Crippen LogP contribution in [0.5, 0.6) is 0 Å². The Morgan fingerprint density at radius 2 is 0.764 bits per heavy atom. The Bertz CT molecular complexity index is 3190. The van der Waals surface area contributed by atoms with Crippen molar-refractivity contribution in [3.05, 3.63) is 200 Å². The maximum absolute atomic E-state index is 6.36. The van der Waals surface area contributed by atoms with Gasteiger partial charge in [0.05, 0.1) is 11.1 Å². The third kappa shape index (κ3) is 5.36. The van der Waals surface area contributed by atoms with E-state index in [0.29, 0.717) is 0 Å². The highest BCUT2D eigenvalue weighted by atomic mass is 16.3. The highest BCUT2D eigenvalue weighted by molar-refractivity contribution is 6.13.